The van der Waals surface area contributed by atoms with Gasteiger partial charge in [0.25, 0.3) is 0 Å². The van der Waals surface area contributed by atoms with Crippen LogP contribution >= 0.6 is 11.8 Å². The van der Waals surface area contributed by atoms with Gasteiger partial charge in [-0.3, -0.25) is 10.1 Å². The highest BCUT2D eigenvalue weighted by atomic mass is 32.2. The van der Waals surface area contributed by atoms with Gasteiger partial charge in [0, 0.05) is 17.7 Å². The lowest BCUT2D eigenvalue weighted by atomic mass is 10.0. The van der Waals surface area contributed by atoms with Gasteiger partial charge in [-0.05, 0) is 6.26 Å². The average Bonchev–Trinajstić information content (AvgIpc) is 2.39. The number of nitrogens with one attached hydrogen (secondary N) is 2. The van der Waals surface area contributed by atoms with Gasteiger partial charge in [-0.1, -0.05) is 30.3 Å². The largest absolute Gasteiger partial charge is 0.367 e. The standard InChI is InChI=1S/C12H14N2OS/c1-16-12-10(7-13-8-14-12)11(15)9-5-3-2-4-6-9/h2-6,13-14H,7-8H2,1H3. The normalized spacial score (nSPS) is 15.8. The van der Waals surface area contributed by atoms with Crippen LogP contribution in [0.15, 0.2) is 40.9 Å². The second-order valence-corrected chi connectivity index (χ2v) is 4.30. The van der Waals surface area contributed by atoms with Crippen molar-refractivity contribution in [1.82, 2.24) is 10.6 Å². The van der Waals surface area contributed by atoms with E-state index in [0.29, 0.717) is 6.54 Å². The lowest BCUT2D eigenvalue weighted by Crippen LogP contribution is -2.38. The average molecular weight is 234 g/mol. The Hall–Kier alpha value is -1.26. The minimum Gasteiger partial charge on any atom is -0.367 e. The summed E-state index contributed by atoms with van der Waals surface area (Å²) in [5, 5.41) is 7.31. The fraction of sp³-hybridized carbons (Fsp3) is 0.250. The summed E-state index contributed by atoms with van der Waals surface area (Å²) in [5.41, 5.74) is 1.57. The van der Waals surface area contributed by atoms with E-state index < -0.39 is 0 Å². The zero-order chi connectivity index (χ0) is 11.4. The van der Waals surface area contributed by atoms with E-state index in [2.05, 4.69) is 10.6 Å². The quantitative estimate of drug-likeness (QED) is 0.779. The van der Waals surface area contributed by atoms with Gasteiger partial charge >= 0.3 is 0 Å². The van der Waals surface area contributed by atoms with E-state index in [4.69, 9.17) is 0 Å². The molecule has 1 aliphatic rings. The first kappa shape index (κ1) is 11.2. The molecule has 0 spiro atoms. The number of Topliss-reactive ketones (excluding diaryl/α,β-unsaturated/α-hetero) is 1. The van der Waals surface area contributed by atoms with E-state index in [9.17, 15) is 4.79 Å². The van der Waals surface area contributed by atoms with Crippen molar-refractivity contribution in [1.29, 1.82) is 0 Å². The lowest BCUT2D eigenvalue weighted by molar-refractivity contribution is 0.102. The number of rotatable bonds is 3. The molecule has 2 rings (SSSR count). The molecule has 1 aromatic carbocycles. The SMILES string of the molecule is CSC1=C(C(=O)c2ccccc2)CNCN1. The Morgan fingerprint density at radius 1 is 1.31 bits per heavy atom. The summed E-state index contributed by atoms with van der Waals surface area (Å²) < 4.78 is 0. The maximum Gasteiger partial charge on any atom is 0.192 e. The number of ketones is 1. The molecule has 1 aliphatic heterocycles. The summed E-state index contributed by atoms with van der Waals surface area (Å²) >= 11 is 1.58. The molecule has 2 N–H and O–H groups in total. The fourth-order valence-corrected chi connectivity index (χ4v) is 2.29. The predicted octanol–water partition coefficient (Wildman–Crippen LogP) is 1.59. The molecule has 1 aromatic rings. The zero-order valence-corrected chi connectivity index (χ0v) is 9.93. The van der Waals surface area contributed by atoms with E-state index in [1.165, 1.54) is 0 Å². The molecule has 0 bridgehead atoms. The fourth-order valence-electron chi connectivity index (χ4n) is 1.66. The van der Waals surface area contributed by atoms with Crippen LogP contribution in [-0.4, -0.2) is 25.3 Å². The van der Waals surface area contributed by atoms with Crippen LogP contribution in [0.2, 0.25) is 0 Å². The molecule has 0 amide bonds. The van der Waals surface area contributed by atoms with Gasteiger partial charge in [0.15, 0.2) is 5.78 Å². The first-order chi connectivity index (χ1) is 7.83. The van der Waals surface area contributed by atoms with Crippen LogP contribution in [0.1, 0.15) is 10.4 Å². The molecule has 16 heavy (non-hydrogen) atoms. The van der Waals surface area contributed by atoms with Gasteiger partial charge in [-0.2, -0.15) is 0 Å². The van der Waals surface area contributed by atoms with E-state index in [1.807, 2.05) is 36.6 Å². The Balaban J connectivity index is 2.30. The summed E-state index contributed by atoms with van der Waals surface area (Å²) in [6.45, 7) is 1.36. The van der Waals surface area contributed by atoms with Gasteiger partial charge in [-0.15, -0.1) is 11.8 Å². The van der Waals surface area contributed by atoms with E-state index in [0.717, 1.165) is 22.8 Å². The lowest BCUT2D eigenvalue weighted by Gasteiger charge is -2.20. The number of hydrogen-bond acceptors (Lipinski definition) is 4. The molecule has 0 aromatic heterocycles. The highest BCUT2D eigenvalue weighted by Crippen LogP contribution is 2.19. The third-order valence-electron chi connectivity index (χ3n) is 2.46. The molecule has 0 atom stereocenters. The number of hydrogen-bond donors (Lipinski definition) is 2. The minimum atomic E-state index is 0.102. The van der Waals surface area contributed by atoms with Crippen molar-refractivity contribution in [3.8, 4) is 0 Å². The molecular weight excluding hydrogens is 220 g/mol. The van der Waals surface area contributed by atoms with Crippen molar-refractivity contribution in [3.63, 3.8) is 0 Å². The van der Waals surface area contributed by atoms with Crippen molar-refractivity contribution in [2.45, 2.75) is 0 Å². The van der Waals surface area contributed by atoms with Crippen LogP contribution in [0.3, 0.4) is 0 Å². The number of thioether (sulfide) groups is 1. The van der Waals surface area contributed by atoms with E-state index in [1.54, 1.807) is 11.8 Å². The summed E-state index contributed by atoms with van der Waals surface area (Å²) in [5.74, 6) is 0.102. The van der Waals surface area contributed by atoms with E-state index >= 15 is 0 Å². The van der Waals surface area contributed by atoms with Crippen molar-refractivity contribution in [2.75, 3.05) is 19.5 Å². The van der Waals surface area contributed by atoms with Crippen LogP contribution in [0.4, 0.5) is 0 Å². The first-order valence-corrected chi connectivity index (χ1v) is 6.37. The Morgan fingerprint density at radius 3 is 2.75 bits per heavy atom. The summed E-state index contributed by atoms with van der Waals surface area (Å²) in [7, 11) is 0. The number of carbonyl (C=O) groups excluding carboxylic acids is 1. The number of carbonyl (C=O) groups is 1. The summed E-state index contributed by atoms with van der Waals surface area (Å²) in [4.78, 5) is 12.2. The van der Waals surface area contributed by atoms with Crippen molar-refractivity contribution in [3.05, 3.63) is 46.5 Å². The summed E-state index contributed by atoms with van der Waals surface area (Å²) in [6.07, 6.45) is 1.98. The maximum absolute atomic E-state index is 12.2. The highest BCUT2D eigenvalue weighted by Gasteiger charge is 2.19. The maximum atomic E-state index is 12.2. The van der Waals surface area contributed by atoms with Crippen LogP contribution in [0.5, 0.6) is 0 Å². The third kappa shape index (κ3) is 2.28. The van der Waals surface area contributed by atoms with E-state index in [-0.39, 0.29) is 5.78 Å². The molecule has 1 heterocycles. The Labute approximate surface area is 99.3 Å². The second kappa shape index (κ2) is 5.18. The Morgan fingerprint density at radius 2 is 2.06 bits per heavy atom. The molecule has 0 radical (unpaired) electrons. The van der Waals surface area contributed by atoms with Gasteiger partial charge < -0.3 is 5.32 Å². The van der Waals surface area contributed by atoms with Crippen molar-refractivity contribution in [2.24, 2.45) is 0 Å². The monoisotopic (exact) mass is 234 g/mol. The van der Waals surface area contributed by atoms with Crippen molar-refractivity contribution < 1.29 is 4.79 Å². The first-order valence-electron chi connectivity index (χ1n) is 5.14. The third-order valence-corrected chi connectivity index (χ3v) is 3.26. The molecule has 0 saturated heterocycles. The van der Waals surface area contributed by atoms with Crippen LogP contribution in [0, 0.1) is 0 Å². The molecular formula is C12H14N2OS. The molecule has 4 heteroatoms. The topological polar surface area (TPSA) is 41.1 Å². The molecule has 84 valence electrons. The van der Waals surface area contributed by atoms with Crippen LogP contribution in [0.25, 0.3) is 0 Å². The van der Waals surface area contributed by atoms with Gasteiger partial charge in [0.05, 0.1) is 11.7 Å². The van der Waals surface area contributed by atoms with Crippen molar-refractivity contribution >= 4 is 17.5 Å². The minimum absolute atomic E-state index is 0.102. The van der Waals surface area contributed by atoms with Gasteiger partial charge in [-0.25, -0.2) is 0 Å². The number of benzene rings is 1. The summed E-state index contributed by atoms with van der Waals surface area (Å²) in [6, 6.07) is 9.38. The smallest absolute Gasteiger partial charge is 0.192 e. The molecule has 0 saturated carbocycles. The Bertz CT molecular complexity index is 414. The zero-order valence-electron chi connectivity index (χ0n) is 9.12. The van der Waals surface area contributed by atoms with Crippen LogP contribution < -0.4 is 10.6 Å². The van der Waals surface area contributed by atoms with Gasteiger partial charge in [0.1, 0.15) is 0 Å². The van der Waals surface area contributed by atoms with Crippen LogP contribution in [-0.2, 0) is 0 Å². The second-order valence-electron chi connectivity index (χ2n) is 3.49. The Kier molecular flexibility index (Phi) is 3.64. The predicted molar refractivity (Wildman–Crippen MR) is 67.3 cm³/mol. The molecule has 0 aliphatic carbocycles. The van der Waals surface area contributed by atoms with Gasteiger partial charge in [0.2, 0.25) is 0 Å². The molecule has 0 fully saturated rings. The highest BCUT2D eigenvalue weighted by molar-refractivity contribution is 8.02. The molecule has 3 nitrogen and oxygen atoms in total. The molecule has 0 unspecified atom stereocenters.